The molecule has 2 atom stereocenters. The van der Waals surface area contributed by atoms with E-state index in [1.807, 2.05) is 0 Å². The highest BCUT2D eigenvalue weighted by atomic mass is 79.9. The molecule has 0 amide bonds. The summed E-state index contributed by atoms with van der Waals surface area (Å²) in [5.41, 5.74) is 1.12. The van der Waals surface area contributed by atoms with Crippen LogP contribution >= 0.6 is 15.9 Å². The molecular weight excluding hydrogens is 257 g/mol. The highest BCUT2D eigenvalue weighted by molar-refractivity contribution is 9.10. The summed E-state index contributed by atoms with van der Waals surface area (Å²) in [6.07, 6.45) is 1.18. The molecule has 0 spiro atoms. The molecule has 0 saturated heterocycles. The zero-order chi connectivity index (χ0) is 10.8. The second-order valence-electron chi connectivity index (χ2n) is 4.08. The Bertz CT molecular complexity index is 353. The fraction of sp³-hybridized carbons (Fsp3) is 0.500. The van der Waals surface area contributed by atoms with Crippen LogP contribution in [0.1, 0.15) is 24.8 Å². The maximum Gasteiger partial charge on any atom is 0.123 e. The van der Waals surface area contributed by atoms with Crippen LogP contribution in [-0.4, -0.2) is 13.1 Å². The van der Waals surface area contributed by atoms with Crippen molar-refractivity contribution in [3.63, 3.8) is 0 Å². The molecule has 2 unspecified atom stereocenters. The second-order valence-corrected chi connectivity index (χ2v) is 4.93. The normalized spacial score (nSPS) is 24.2. The Labute approximate surface area is 98.2 Å². The standard InChI is InChI=1S/C12H15BrFN/c1-2-15-7-8-5-10(8)11-6-9(14)3-4-12(11)13/h3-4,6,8,10,15H,2,5,7H2,1H3. The van der Waals surface area contributed by atoms with Crippen molar-refractivity contribution >= 4 is 15.9 Å². The van der Waals surface area contributed by atoms with Crippen molar-refractivity contribution in [3.05, 3.63) is 34.1 Å². The molecule has 15 heavy (non-hydrogen) atoms. The topological polar surface area (TPSA) is 12.0 Å². The number of rotatable bonds is 4. The molecule has 1 nitrogen and oxygen atoms in total. The monoisotopic (exact) mass is 271 g/mol. The Balaban J connectivity index is 2.03. The van der Waals surface area contributed by atoms with Gasteiger partial charge in [0.25, 0.3) is 0 Å². The van der Waals surface area contributed by atoms with Crippen LogP contribution < -0.4 is 5.32 Å². The predicted molar refractivity (Wildman–Crippen MR) is 63.5 cm³/mol. The third-order valence-corrected chi connectivity index (χ3v) is 3.66. The van der Waals surface area contributed by atoms with Crippen molar-refractivity contribution in [2.45, 2.75) is 19.3 Å². The van der Waals surface area contributed by atoms with Crippen LogP contribution in [0.15, 0.2) is 22.7 Å². The molecule has 1 aliphatic rings. The third kappa shape index (κ3) is 2.58. The fourth-order valence-electron chi connectivity index (χ4n) is 1.98. The Morgan fingerprint density at radius 1 is 1.53 bits per heavy atom. The average molecular weight is 272 g/mol. The lowest BCUT2D eigenvalue weighted by atomic mass is 10.1. The maximum atomic E-state index is 13.1. The van der Waals surface area contributed by atoms with Gasteiger partial charge >= 0.3 is 0 Å². The van der Waals surface area contributed by atoms with Crippen LogP contribution in [-0.2, 0) is 0 Å². The van der Waals surface area contributed by atoms with E-state index in [0.717, 1.165) is 23.1 Å². The molecule has 82 valence electrons. The molecule has 1 saturated carbocycles. The summed E-state index contributed by atoms with van der Waals surface area (Å²) in [6.45, 7) is 4.16. The van der Waals surface area contributed by atoms with Gasteiger partial charge in [0, 0.05) is 4.47 Å². The molecular formula is C12H15BrFN. The van der Waals surface area contributed by atoms with Crippen molar-refractivity contribution in [3.8, 4) is 0 Å². The molecule has 3 heteroatoms. The molecule has 2 rings (SSSR count). The fourth-order valence-corrected chi connectivity index (χ4v) is 2.52. The van der Waals surface area contributed by atoms with Gasteiger partial charge in [0.2, 0.25) is 0 Å². The smallest absolute Gasteiger partial charge is 0.123 e. The quantitative estimate of drug-likeness (QED) is 0.886. The van der Waals surface area contributed by atoms with Crippen LogP contribution in [0.25, 0.3) is 0 Å². The Morgan fingerprint density at radius 2 is 2.33 bits per heavy atom. The first-order valence-electron chi connectivity index (χ1n) is 5.38. The van der Waals surface area contributed by atoms with E-state index in [2.05, 4.69) is 28.2 Å². The SMILES string of the molecule is CCNCC1CC1c1cc(F)ccc1Br. The van der Waals surface area contributed by atoms with E-state index in [1.54, 1.807) is 12.1 Å². The van der Waals surface area contributed by atoms with Crippen LogP contribution in [0.4, 0.5) is 4.39 Å². The largest absolute Gasteiger partial charge is 0.317 e. The lowest BCUT2D eigenvalue weighted by Crippen LogP contribution is -2.16. The molecule has 1 fully saturated rings. The molecule has 1 aliphatic carbocycles. The van der Waals surface area contributed by atoms with Crippen LogP contribution in [0.2, 0.25) is 0 Å². The summed E-state index contributed by atoms with van der Waals surface area (Å²) in [4.78, 5) is 0. The number of nitrogens with one attached hydrogen (secondary N) is 1. The first-order chi connectivity index (χ1) is 7.22. The van der Waals surface area contributed by atoms with E-state index < -0.39 is 0 Å². The zero-order valence-electron chi connectivity index (χ0n) is 8.76. The van der Waals surface area contributed by atoms with E-state index in [4.69, 9.17) is 0 Å². The van der Waals surface area contributed by atoms with Gasteiger partial charge in [0.1, 0.15) is 5.82 Å². The van der Waals surface area contributed by atoms with Crippen molar-refractivity contribution in [1.82, 2.24) is 5.32 Å². The minimum absolute atomic E-state index is 0.137. The van der Waals surface area contributed by atoms with Gasteiger partial charge in [-0.15, -0.1) is 0 Å². The van der Waals surface area contributed by atoms with Crippen molar-refractivity contribution in [2.75, 3.05) is 13.1 Å². The van der Waals surface area contributed by atoms with E-state index in [9.17, 15) is 4.39 Å². The Hall–Kier alpha value is -0.410. The van der Waals surface area contributed by atoms with Crippen molar-refractivity contribution < 1.29 is 4.39 Å². The Morgan fingerprint density at radius 3 is 3.07 bits per heavy atom. The molecule has 1 N–H and O–H groups in total. The molecule has 0 aromatic heterocycles. The van der Waals surface area contributed by atoms with Gasteiger partial charge in [-0.2, -0.15) is 0 Å². The molecule has 0 aliphatic heterocycles. The lowest BCUT2D eigenvalue weighted by Gasteiger charge is -2.04. The third-order valence-electron chi connectivity index (χ3n) is 2.94. The minimum atomic E-state index is -0.137. The zero-order valence-corrected chi connectivity index (χ0v) is 10.3. The van der Waals surface area contributed by atoms with Crippen LogP contribution in [0.3, 0.4) is 0 Å². The van der Waals surface area contributed by atoms with Crippen LogP contribution in [0, 0.1) is 11.7 Å². The summed E-state index contributed by atoms with van der Waals surface area (Å²) in [5.74, 6) is 1.08. The predicted octanol–water partition coefficient (Wildman–Crippen LogP) is 3.30. The molecule has 0 radical (unpaired) electrons. The molecule has 1 aromatic rings. The van der Waals surface area contributed by atoms with Gasteiger partial charge in [-0.3, -0.25) is 0 Å². The van der Waals surface area contributed by atoms with E-state index >= 15 is 0 Å². The first kappa shape index (κ1) is 11.1. The number of halogens is 2. The summed E-state index contributed by atoms with van der Waals surface area (Å²) < 4.78 is 14.1. The second kappa shape index (κ2) is 4.62. The number of hydrogen-bond donors (Lipinski definition) is 1. The first-order valence-corrected chi connectivity index (χ1v) is 6.17. The number of hydrogen-bond acceptors (Lipinski definition) is 1. The van der Waals surface area contributed by atoms with Gasteiger partial charge < -0.3 is 5.32 Å². The summed E-state index contributed by atoms with van der Waals surface area (Å²) >= 11 is 3.48. The maximum absolute atomic E-state index is 13.1. The van der Waals surface area contributed by atoms with Crippen molar-refractivity contribution in [1.29, 1.82) is 0 Å². The van der Waals surface area contributed by atoms with Gasteiger partial charge in [-0.1, -0.05) is 22.9 Å². The summed E-state index contributed by atoms with van der Waals surface area (Å²) in [5, 5.41) is 3.33. The average Bonchev–Trinajstić information content (AvgIpc) is 2.98. The van der Waals surface area contributed by atoms with E-state index in [0.29, 0.717) is 11.8 Å². The van der Waals surface area contributed by atoms with Crippen LogP contribution in [0.5, 0.6) is 0 Å². The van der Waals surface area contributed by atoms with E-state index in [1.165, 1.54) is 12.5 Å². The van der Waals surface area contributed by atoms with E-state index in [-0.39, 0.29) is 5.82 Å². The van der Waals surface area contributed by atoms with Gasteiger partial charge in [-0.05, 0) is 55.1 Å². The Kier molecular flexibility index (Phi) is 3.42. The van der Waals surface area contributed by atoms with Crippen molar-refractivity contribution in [2.24, 2.45) is 5.92 Å². The summed E-state index contributed by atoms with van der Waals surface area (Å²) in [7, 11) is 0. The summed E-state index contributed by atoms with van der Waals surface area (Å²) in [6, 6.07) is 4.95. The molecule has 0 bridgehead atoms. The molecule has 0 heterocycles. The van der Waals surface area contributed by atoms with Gasteiger partial charge in [0.05, 0.1) is 0 Å². The number of benzene rings is 1. The van der Waals surface area contributed by atoms with Gasteiger partial charge in [0.15, 0.2) is 0 Å². The molecule has 1 aromatic carbocycles. The van der Waals surface area contributed by atoms with Gasteiger partial charge in [-0.25, -0.2) is 4.39 Å². The highest BCUT2D eigenvalue weighted by Crippen LogP contribution is 2.49. The lowest BCUT2D eigenvalue weighted by molar-refractivity contribution is 0.621. The minimum Gasteiger partial charge on any atom is -0.317 e. The highest BCUT2D eigenvalue weighted by Gasteiger charge is 2.38.